The van der Waals surface area contributed by atoms with E-state index in [0.717, 1.165) is 12.1 Å². The zero-order chi connectivity index (χ0) is 19.0. The van der Waals surface area contributed by atoms with Crippen molar-refractivity contribution < 1.29 is 9.59 Å². The van der Waals surface area contributed by atoms with Crippen LogP contribution < -0.4 is 4.90 Å². The molecule has 1 atom stereocenters. The van der Waals surface area contributed by atoms with E-state index in [-0.39, 0.29) is 17.4 Å². The topological polar surface area (TPSA) is 56.8 Å². The van der Waals surface area contributed by atoms with E-state index in [1.807, 2.05) is 24.1 Å². The molecule has 0 N–H and O–H groups in total. The highest BCUT2D eigenvalue weighted by Gasteiger charge is 2.48. The molecule has 140 valence electrons. The van der Waals surface area contributed by atoms with E-state index in [4.69, 9.17) is 11.6 Å². The SMILES string of the molecule is CN1CC(=O)N(c2cccnc2)C[C@@]12CCN(C(=O)c1cccc(Cl)c1)C2. The van der Waals surface area contributed by atoms with Gasteiger partial charge in [-0.3, -0.25) is 19.5 Å². The molecule has 0 bridgehead atoms. The highest BCUT2D eigenvalue weighted by atomic mass is 35.5. The normalized spacial score (nSPS) is 23.3. The Hall–Kier alpha value is -2.44. The van der Waals surface area contributed by atoms with Gasteiger partial charge in [0.25, 0.3) is 5.91 Å². The first-order valence-electron chi connectivity index (χ1n) is 8.95. The lowest BCUT2D eigenvalue weighted by atomic mass is 9.92. The van der Waals surface area contributed by atoms with Gasteiger partial charge in [0.05, 0.1) is 24.0 Å². The molecule has 2 fully saturated rings. The highest BCUT2D eigenvalue weighted by molar-refractivity contribution is 6.30. The number of piperazine rings is 1. The Morgan fingerprint density at radius 2 is 2.07 bits per heavy atom. The monoisotopic (exact) mass is 384 g/mol. The number of likely N-dealkylation sites (tertiary alicyclic amines) is 1. The predicted octanol–water partition coefficient (Wildman–Crippen LogP) is 2.30. The largest absolute Gasteiger partial charge is 0.337 e. The summed E-state index contributed by atoms with van der Waals surface area (Å²) in [4.78, 5) is 35.4. The van der Waals surface area contributed by atoms with Gasteiger partial charge < -0.3 is 9.80 Å². The quantitative estimate of drug-likeness (QED) is 0.797. The zero-order valence-corrected chi connectivity index (χ0v) is 15.9. The second-order valence-electron chi connectivity index (χ2n) is 7.26. The summed E-state index contributed by atoms with van der Waals surface area (Å²) in [5, 5.41) is 0.554. The molecule has 2 amide bonds. The number of halogens is 1. The third kappa shape index (κ3) is 3.31. The fraction of sp³-hybridized carbons (Fsp3) is 0.350. The van der Waals surface area contributed by atoms with E-state index in [2.05, 4.69) is 9.88 Å². The van der Waals surface area contributed by atoms with Gasteiger partial charge >= 0.3 is 0 Å². The van der Waals surface area contributed by atoms with Crippen molar-refractivity contribution in [2.75, 3.05) is 38.1 Å². The van der Waals surface area contributed by atoms with Crippen molar-refractivity contribution in [2.24, 2.45) is 0 Å². The van der Waals surface area contributed by atoms with Crippen LogP contribution in [0.5, 0.6) is 0 Å². The number of carbonyl (C=O) groups is 2. The van der Waals surface area contributed by atoms with Gasteiger partial charge in [-0.15, -0.1) is 0 Å². The number of hydrogen-bond acceptors (Lipinski definition) is 4. The second kappa shape index (κ2) is 6.94. The molecule has 1 aromatic carbocycles. The van der Waals surface area contributed by atoms with Crippen LogP contribution in [0.4, 0.5) is 5.69 Å². The van der Waals surface area contributed by atoms with Crippen molar-refractivity contribution in [1.82, 2.24) is 14.8 Å². The van der Waals surface area contributed by atoms with Crippen molar-refractivity contribution in [3.05, 3.63) is 59.4 Å². The van der Waals surface area contributed by atoms with E-state index in [1.165, 1.54) is 0 Å². The van der Waals surface area contributed by atoms with Crippen LogP contribution in [0.25, 0.3) is 0 Å². The van der Waals surface area contributed by atoms with Gasteiger partial charge in [-0.2, -0.15) is 0 Å². The number of rotatable bonds is 2. The van der Waals surface area contributed by atoms with Crippen LogP contribution in [0.1, 0.15) is 16.8 Å². The van der Waals surface area contributed by atoms with Crippen LogP contribution >= 0.6 is 11.6 Å². The lowest BCUT2D eigenvalue weighted by Gasteiger charge is -2.46. The summed E-state index contributed by atoms with van der Waals surface area (Å²) in [6, 6.07) is 10.8. The number of aromatic nitrogens is 1. The Morgan fingerprint density at radius 1 is 1.22 bits per heavy atom. The summed E-state index contributed by atoms with van der Waals surface area (Å²) in [6.07, 6.45) is 4.22. The summed E-state index contributed by atoms with van der Waals surface area (Å²) >= 11 is 6.03. The number of benzene rings is 1. The van der Waals surface area contributed by atoms with Crippen LogP contribution in [0.2, 0.25) is 5.02 Å². The smallest absolute Gasteiger partial charge is 0.253 e. The number of amides is 2. The predicted molar refractivity (Wildman–Crippen MR) is 104 cm³/mol. The molecular formula is C20H21ClN4O2. The van der Waals surface area contributed by atoms with E-state index in [1.54, 1.807) is 41.6 Å². The minimum atomic E-state index is -0.252. The molecular weight excluding hydrogens is 364 g/mol. The summed E-state index contributed by atoms with van der Waals surface area (Å²) in [7, 11) is 1.96. The van der Waals surface area contributed by atoms with Crippen LogP contribution in [-0.2, 0) is 4.79 Å². The van der Waals surface area contributed by atoms with Gasteiger partial charge in [-0.25, -0.2) is 0 Å². The van der Waals surface area contributed by atoms with Crippen LogP contribution in [0, 0.1) is 0 Å². The van der Waals surface area contributed by atoms with Crippen molar-refractivity contribution in [1.29, 1.82) is 0 Å². The van der Waals surface area contributed by atoms with E-state index < -0.39 is 0 Å². The second-order valence-corrected chi connectivity index (χ2v) is 7.70. The molecule has 2 aromatic rings. The number of pyridine rings is 1. The third-order valence-corrected chi connectivity index (χ3v) is 5.82. The van der Waals surface area contributed by atoms with Crippen molar-refractivity contribution in [3.63, 3.8) is 0 Å². The van der Waals surface area contributed by atoms with Gasteiger partial charge in [0.2, 0.25) is 5.91 Å². The third-order valence-electron chi connectivity index (χ3n) is 5.58. The van der Waals surface area contributed by atoms with E-state index >= 15 is 0 Å². The van der Waals surface area contributed by atoms with Crippen molar-refractivity contribution in [3.8, 4) is 0 Å². The average molecular weight is 385 g/mol. The molecule has 0 unspecified atom stereocenters. The van der Waals surface area contributed by atoms with E-state index in [0.29, 0.717) is 36.8 Å². The first kappa shape index (κ1) is 17.9. The molecule has 0 aliphatic carbocycles. The maximum atomic E-state index is 12.9. The Labute approximate surface area is 163 Å². The molecule has 1 aromatic heterocycles. The van der Waals surface area contributed by atoms with Gasteiger partial charge in [-0.05, 0) is 43.8 Å². The fourth-order valence-corrected chi connectivity index (χ4v) is 4.17. The minimum Gasteiger partial charge on any atom is -0.337 e. The first-order valence-corrected chi connectivity index (χ1v) is 9.33. The summed E-state index contributed by atoms with van der Waals surface area (Å²) in [6.45, 7) is 2.12. The zero-order valence-electron chi connectivity index (χ0n) is 15.1. The Morgan fingerprint density at radius 3 is 2.81 bits per heavy atom. The molecule has 0 saturated carbocycles. The Balaban J connectivity index is 1.56. The highest BCUT2D eigenvalue weighted by Crippen LogP contribution is 2.34. The number of carbonyl (C=O) groups excluding carboxylic acids is 2. The minimum absolute atomic E-state index is 0.0207. The maximum absolute atomic E-state index is 12.9. The van der Waals surface area contributed by atoms with Gasteiger partial charge in [0, 0.05) is 36.4 Å². The number of anilines is 1. The molecule has 1 spiro atoms. The molecule has 2 aliphatic heterocycles. The molecule has 27 heavy (non-hydrogen) atoms. The molecule has 6 nitrogen and oxygen atoms in total. The molecule has 2 aliphatic rings. The summed E-state index contributed by atoms with van der Waals surface area (Å²) in [5.74, 6) is 0.0309. The Bertz CT molecular complexity index is 875. The van der Waals surface area contributed by atoms with Gasteiger partial charge in [-0.1, -0.05) is 17.7 Å². The standard InChI is InChI=1S/C20H21ClN4O2/c1-23-12-18(26)25(17-6-3-8-22-11-17)14-20(23)7-9-24(13-20)19(27)15-4-2-5-16(21)10-15/h2-6,8,10-11H,7,9,12-14H2,1H3/t20-/m0/s1. The van der Waals surface area contributed by atoms with Gasteiger partial charge in [0.15, 0.2) is 0 Å². The molecule has 4 rings (SSSR count). The number of likely N-dealkylation sites (N-methyl/N-ethyl adjacent to an activating group) is 1. The maximum Gasteiger partial charge on any atom is 0.253 e. The molecule has 0 radical (unpaired) electrons. The molecule has 7 heteroatoms. The van der Waals surface area contributed by atoms with Crippen molar-refractivity contribution >= 4 is 29.1 Å². The summed E-state index contributed by atoms with van der Waals surface area (Å²) in [5.41, 5.74) is 1.14. The number of hydrogen-bond donors (Lipinski definition) is 0. The molecule has 2 saturated heterocycles. The first-order chi connectivity index (χ1) is 13.0. The lowest BCUT2D eigenvalue weighted by Crippen LogP contribution is -2.64. The summed E-state index contributed by atoms with van der Waals surface area (Å²) < 4.78 is 0. The van der Waals surface area contributed by atoms with Crippen molar-refractivity contribution in [2.45, 2.75) is 12.0 Å². The van der Waals surface area contributed by atoms with Crippen LogP contribution in [0.3, 0.4) is 0 Å². The fourth-order valence-electron chi connectivity index (χ4n) is 3.98. The van der Waals surface area contributed by atoms with E-state index in [9.17, 15) is 9.59 Å². The van der Waals surface area contributed by atoms with Crippen LogP contribution in [-0.4, -0.2) is 65.4 Å². The van der Waals surface area contributed by atoms with Gasteiger partial charge in [0.1, 0.15) is 0 Å². The van der Waals surface area contributed by atoms with Crippen LogP contribution in [0.15, 0.2) is 48.8 Å². The lowest BCUT2D eigenvalue weighted by molar-refractivity contribution is -0.123. The number of nitrogens with zero attached hydrogens (tertiary/aromatic N) is 4. The Kier molecular flexibility index (Phi) is 4.61. The average Bonchev–Trinajstić information content (AvgIpc) is 3.10. The molecule has 3 heterocycles.